The van der Waals surface area contributed by atoms with Crippen LogP contribution in [0.1, 0.15) is 45.4 Å². The van der Waals surface area contributed by atoms with Crippen LogP contribution in [0.5, 0.6) is 0 Å². The molecule has 2 saturated heterocycles. The zero-order valence-electron chi connectivity index (χ0n) is 10.6. The van der Waals surface area contributed by atoms with Crippen LogP contribution in [0.4, 0.5) is 0 Å². The van der Waals surface area contributed by atoms with Crippen molar-refractivity contribution in [1.29, 1.82) is 0 Å². The summed E-state index contributed by atoms with van der Waals surface area (Å²) in [4.78, 5) is 12.0. The van der Waals surface area contributed by atoms with E-state index in [1.54, 1.807) is 0 Å². The highest BCUT2D eigenvalue weighted by atomic mass is 16.6. The number of hydrogen-bond acceptors (Lipinski definition) is 3. The summed E-state index contributed by atoms with van der Waals surface area (Å²) >= 11 is 0. The van der Waals surface area contributed by atoms with Gasteiger partial charge in [-0.1, -0.05) is 13.3 Å². The molecule has 4 rings (SSSR count). The second-order valence-corrected chi connectivity index (χ2v) is 5.92. The SMILES string of the molecule is CCCCOC1C2CC3CC(C2)OC(=O)C1C3. The minimum Gasteiger partial charge on any atom is -0.462 e. The first kappa shape index (κ1) is 11.5. The maximum atomic E-state index is 12.0. The highest BCUT2D eigenvalue weighted by Crippen LogP contribution is 2.48. The monoisotopic (exact) mass is 238 g/mol. The predicted octanol–water partition coefficient (Wildman–Crippen LogP) is 2.53. The van der Waals surface area contributed by atoms with E-state index in [9.17, 15) is 4.79 Å². The summed E-state index contributed by atoms with van der Waals surface area (Å²) in [6, 6.07) is 0. The Balaban J connectivity index is 1.73. The highest BCUT2D eigenvalue weighted by molar-refractivity contribution is 5.74. The lowest BCUT2D eigenvalue weighted by Crippen LogP contribution is -2.43. The third-order valence-electron chi connectivity index (χ3n) is 4.64. The van der Waals surface area contributed by atoms with Gasteiger partial charge in [0, 0.05) is 6.61 Å². The second-order valence-electron chi connectivity index (χ2n) is 5.92. The van der Waals surface area contributed by atoms with E-state index in [2.05, 4.69) is 6.92 Å². The van der Waals surface area contributed by atoms with Crippen LogP contribution in [0.25, 0.3) is 0 Å². The minimum atomic E-state index is 0.0150. The third kappa shape index (κ3) is 2.10. The quantitative estimate of drug-likeness (QED) is 0.557. The van der Waals surface area contributed by atoms with Crippen LogP contribution in [0, 0.1) is 17.8 Å². The number of unbranched alkanes of at least 4 members (excludes halogenated alkanes) is 1. The number of carbonyl (C=O) groups excluding carboxylic acids is 1. The fourth-order valence-electron chi connectivity index (χ4n) is 3.90. The topological polar surface area (TPSA) is 35.5 Å². The van der Waals surface area contributed by atoms with Crippen molar-refractivity contribution in [2.24, 2.45) is 17.8 Å². The van der Waals surface area contributed by atoms with Crippen molar-refractivity contribution in [3.63, 3.8) is 0 Å². The summed E-state index contributed by atoms with van der Waals surface area (Å²) in [5.74, 6) is 1.33. The van der Waals surface area contributed by atoms with Crippen molar-refractivity contribution in [3.8, 4) is 0 Å². The second kappa shape index (κ2) is 4.60. The molecule has 0 aromatic rings. The first-order valence-electron chi connectivity index (χ1n) is 7.10. The standard InChI is InChI=1S/C14H22O3/c1-2-3-4-16-13-10-5-9-6-11(8-10)17-14(15)12(13)7-9/h9-13H,2-8H2,1H3. The molecule has 5 atom stereocenters. The molecule has 17 heavy (non-hydrogen) atoms. The van der Waals surface area contributed by atoms with Gasteiger partial charge in [-0.3, -0.25) is 4.79 Å². The Morgan fingerprint density at radius 3 is 3.00 bits per heavy atom. The summed E-state index contributed by atoms with van der Waals surface area (Å²) in [5, 5.41) is 0. The number of hydrogen-bond donors (Lipinski definition) is 0. The fourth-order valence-corrected chi connectivity index (χ4v) is 3.90. The molecule has 0 spiro atoms. The number of rotatable bonds is 4. The van der Waals surface area contributed by atoms with Gasteiger partial charge in [0.2, 0.25) is 0 Å². The third-order valence-corrected chi connectivity index (χ3v) is 4.64. The van der Waals surface area contributed by atoms with Gasteiger partial charge in [0.15, 0.2) is 0 Å². The molecule has 4 fully saturated rings. The Morgan fingerprint density at radius 2 is 2.18 bits per heavy atom. The van der Waals surface area contributed by atoms with Crippen molar-refractivity contribution in [1.82, 2.24) is 0 Å². The van der Waals surface area contributed by atoms with Gasteiger partial charge in [-0.25, -0.2) is 0 Å². The Kier molecular flexibility index (Phi) is 3.12. The number of esters is 1. The van der Waals surface area contributed by atoms with Gasteiger partial charge in [-0.2, -0.15) is 0 Å². The van der Waals surface area contributed by atoms with Crippen molar-refractivity contribution in [3.05, 3.63) is 0 Å². The van der Waals surface area contributed by atoms with E-state index >= 15 is 0 Å². The lowest BCUT2D eigenvalue weighted by Gasteiger charge is -2.41. The van der Waals surface area contributed by atoms with E-state index in [1.807, 2.05) is 0 Å². The molecule has 0 aromatic carbocycles. The van der Waals surface area contributed by atoms with Gasteiger partial charge in [0.25, 0.3) is 0 Å². The van der Waals surface area contributed by atoms with Crippen LogP contribution >= 0.6 is 0 Å². The number of fused-ring (bicyclic) bond motifs is 1. The van der Waals surface area contributed by atoms with Crippen LogP contribution in [0.3, 0.4) is 0 Å². The Bertz CT molecular complexity index is 302. The smallest absolute Gasteiger partial charge is 0.311 e. The zero-order valence-corrected chi connectivity index (χ0v) is 10.6. The zero-order chi connectivity index (χ0) is 11.8. The van der Waals surface area contributed by atoms with Gasteiger partial charge in [-0.05, 0) is 43.9 Å². The predicted molar refractivity (Wildman–Crippen MR) is 63.5 cm³/mol. The van der Waals surface area contributed by atoms with Gasteiger partial charge in [0.05, 0.1) is 12.0 Å². The first-order chi connectivity index (χ1) is 8.28. The Hall–Kier alpha value is -0.570. The minimum absolute atomic E-state index is 0.0150. The Labute approximate surface area is 103 Å². The number of ether oxygens (including phenoxy) is 2. The first-order valence-corrected chi connectivity index (χ1v) is 7.10. The lowest BCUT2D eigenvalue weighted by molar-refractivity contribution is -0.155. The average Bonchev–Trinajstić information content (AvgIpc) is 2.46. The molecule has 4 bridgehead atoms. The van der Waals surface area contributed by atoms with E-state index < -0.39 is 0 Å². The molecule has 3 heteroatoms. The summed E-state index contributed by atoms with van der Waals surface area (Å²) in [5.41, 5.74) is 0. The normalized spacial score (nSPS) is 43.6. The largest absolute Gasteiger partial charge is 0.462 e. The molecule has 5 unspecified atom stereocenters. The maximum absolute atomic E-state index is 12.0. The molecule has 0 amide bonds. The number of carbonyl (C=O) groups is 1. The summed E-state index contributed by atoms with van der Waals surface area (Å²) in [6.45, 7) is 2.97. The van der Waals surface area contributed by atoms with Crippen molar-refractivity contribution < 1.29 is 14.3 Å². The van der Waals surface area contributed by atoms with E-state index in [0.717, 1.165) is 38.7 Å². The molecule has 0 aromatic heterocycles. The van der Waals surface area contributed by atoms with Crippen LogP contribution in [-0.4, -0.2) is 24.8 Å². The van der Waals surface area contributed by atoms with Crippen LogP contribution in [0.2, 0.25) is 0 Å². The van der Waals surface area contributed by atoms with Gasteiger partial charge in [0.1, 0.15) is 6.10 Å². The molecule has 2 aliphatic heterocycles. The van der Waals surface area contributed by atoms with Crippen LogP contribution in [0.15, 0.2) is 0 Å². The maximum Gasteiger partial charge on any atom is 0.311 e. The van der Waals surface area contributed by atoms with E-state index in [4.69, 9.17) is 9.47 Å². The molecule has 0 radical (unpaired) electrons. The lowest BCUT2D eigenvalue weighted by atomic mass is 9.66. The van der Waals surface area contributed by atoms with E-state index in [-0.39, 0.29) is 24.1 Å². The van der Waals surface area contributed by atoms with Crippen LogP contribution in [-0.2, 0) is 14.3 Å². The highest BCUT2D eigenvalue weighted by Gasteiger charge is 2.50. The molecular formula is C14H22O3. The molecule has 3 nitrogen and oxygen atoms in total. The van der Waals surface area contributed by atoms with Crippen molar-refractivity contribution >= 4 is 5.97 Å². The van der Waals surface area contributed by atoms with Crippen molar-refractivity contribution in [2.75, 3.05) is 6.61 Å². The van der Waals surface area contributed by atoms with Gasteiger partial charge in [-0.15, -0.1) is 0 Å². The molecule has 2 heterocycles. The van der Waals surface area contributed by atoms with Gasteiger partial charge < -0.3 is 9.47 Å². The molecule has 2 saturated carbocycles. The summed E-state index contributed by atoms with van der Waals surface area (Å²) in [6.07, 6.45) is 6.97. The molecule has 0 N–H and O–H groups in total. The molecule has 96 valence electrons. The van der Waals surface area contributed by atoms with E-state index in [0.29, 0.717) is 11.8 Å². The van der Waals surface area contributed by atoms with E-state index in [1.165, 1.54) is 6.42 Å². The fraction of sp³-hybridized carbons (Fsp3) is 0.929. The summed E-state index contributed by atoms with van der Waals surface area (Å²) < 4.78 is 11.6. The van der Waals surface area contributed by atoms with Crippen molar-refractivity contribution in [2.45, 2.75) is 57.7 Å². The van der Waals surface area contributed by atoms with Crippen LogP contribution < -0.4 is 0 Å². The Morgan fingerprint density at radius 1 is 1.29 bits per heavy atom. The van der Waals surface area contributed by atoms with Gasteiger partial charge >= 0.3 is 5.97 Å². The molecular weight excluding hydrogens is 216 g/mol. The average molecular weight is 238 g/mol. The molecule has 2 aliphatic carbocycles. The molecule has 4 aliphatic rings. The summed E-state index contributed by atoms with van der Waals surface area (Å²) in [7, 11) is 0.